The number of esters is 4. The zero-order valence-corrected chi connectivity index (χ0v) is 72.8. The largest absolute Gasteiger partial charge is 0.472 e. The van der Waals surface area contributed by atoms with Crippen LogP contribution in [0.1, 0.15) is 484 Å². The molecule has 3 N–H and O–H groups in total. The third kappa shape index (κ3) is 82.1. The van der Waals surface area contributed by atoms with Gasteiger partial charge in [0.05, 0.1) is 26.4 Å². The lowest BCUT2D eigenvalue weighted by Crippen LogP contribution is -2.30. The van der Waals surface area contributed by atoms with E-state index in [9.17, 15) is 43.2 Å². The van der Waals surface area contributed by atoms with Gasteiger partial charge in [-0.3, -0.25) is 37.3 Å². The SMILES string of the molecule is CCCCCCCCCCCCCCCCCCCCCCCCC(=O)O[C@H](COC(=O)CCCCCCCCCCCCCCCCCCC(C)C)COP(=O)(O)OC[C@@H](O)COP(=O)(O)OC[C@@H](COC(=O)CCCCCCCCCCCC)OC(=O)CCCCCCCCCCCCCCCCCCC. The van der Waals surface area contributed by atoms with Crippen molar-refractivity contribution in [3.8, 4) is 0 Å². The predicted molar refractivity (Wildman–Crippen MR) is 446 cm³/mol. The molecule has 19 heteroatoms. The number of phosphoric acid groups is 2. The Labute approximate surface area is 664 Å². The molecule has 0 aliphatic carbocycles. The van der Waals surface area contributed by atoms with Gasteiger partial charge in [0, 0.05) is 25.7 Å². The molecule has 0 aliphatic heterocycles. The number of unbranched alkanes of at least 4 members (excludes halogenated alkanes) is 61. The predicted octanol–water partition coefficient (Wildman–Crippen LogP) is 27.5. The molecule has 0 radical (unpaired) electrons. The zero-order chi connectivity index (χ0) is 79.0. The van der Waals surface area contributed by atoms with Crippen LogP contribution in [0, 0.1) is 5.92 Å². The van der Waals surface area contributed by atoms with Crippen LogP contribution in [0.4, 0.5) is 0 Å². The van der Waals surface area contributed by atoms with Crippen LogP contribution in [0.25, 0.3) is 0 Å². The fourth-order valence-electron chi connectivity index (χ4n) is 14.0. The minimum Gasteiger partial charge on any atom is -0.462 e. The van der Waals surface area contributed by atoms with E-state index in [4.69, 9.17) is 37.0 Å². The highest BCUT2D eigenvalue weighted by Gasteiger charge is 2.30. The summed E-state index contributed by atoms with van der Waals surface area (Å²) < 4.78 is 69.0. The van der Waals surface area contributed by atoms with Crippen molar-refractivity contribution < 1.29 is 80.2 Å². The van der Waals surface area contributed by atoms with E-state index in [1.54, 1.807) is 0 Å². The normalized spacial score (nSPS) is 13.7. The summed E-state index contributed by atoms with van der Waals surface area (Å²) in [5.41, 5.74) is 0. The Morgan fingerprint density at radius 2 is 0.426 bits per heavy atom. The lowest BCUT2D eigenvalue weighted by Gasteiger charge is -2.21. The van der Waals surface area contributed by atoms with E-state index in [2.05, 4.69) is 34.6 Å². The van der Waals surface area contributed by atoms with Crippen molar-refractivity contribution in [2.75, 3.05) is 39.6 Å². The molecule has 0 spiro atoms. The van der Waals surface area contributed by atoms with E-state index in [1.807, 2.05) is 0 Å². The van der Waals surface area contributed by atoms with Crippen LogP contribution >= 0.6 is 15.6 Å². The number of aliphatic hydroxyl groups excluding tert-OH is 1. The fraction of sp³-hybridized carbons (Fsp3) is 0.955. The quantitative estimate of drug-likeness (QED) is 0.0222. The van der Waals surface area contributed by atoms with E-state index in [0.717, 1.165) is 95.8 Å². The lowest BCUT2D eigenvalue weighted by molar-refractivity contribution is -0.161. The van der Waals surface area contributed by atoms with Crippen molar-refractivity contribution in [1.29, 1.82) is 0 Å². The first-order valence-corrected chi connectivity index (χ1v) is 49.1. The lowest BCUT2D eigenvalue weighted by atomic mass is 10.0. The van der Waals surface area contributed by atoms with Gasteiger partial charge in [0.2, 0.25) is 0 Å². The van der Waals surface area contributed by atoms with Crippen molar-refractivity contribution in [3.63, 3.8) is 0 Å². The zero-order valence-electron chi connectivity index (χ0n) is 71.0. The van der Waals surface area contributed by atoms with E-state index in [1.165, 1.54) is 308 Å². The van der Waals surface area contributed by atoms with Crippen LogP contribution in [-0.2, 0) is 65.4 Å². The molecular formula is C89H174O17P2. The van der Waals surface area contributed by atoms with Gasteiger partial charge < -0.3 is 33.8 Å². The molecule has 0 aromatic heterocycles. The van der Waals surface area contributed by atoms with Gasteiger partial charge in [-0.25, -0.2) is 9.13 Å². The maximum atomic E-state index is 13.2. The molecule has 642 valence electrons. The number of hydrogen-bond donors (Lipinski definition) is 3. The van der Waals surface area contributed by atoms with Gasteiger partial charge in [-0.2, -0.15) is 0 Å². The molecule has 2 unspecified atom stereocenters. The number of phosphoric ester groups is 2. The molecule has 0 saturated carbocycles. The number of ether oxygens (including phenoxy) is 4. The van der Waals surface area contributed by atoms with Crippen molar-refractivity contribution in [2.45, 2.75) is 502 Å². The monoisotopic (exact) mass is 1580 g/mol. The van der Waals surface area contributed by atoms with E-state index < -0.39 is 97.5 Å². The molecule has 0 bridgehead atoms. The summed E-state index contributed by atoms with van der Waals surface area (Å²) >= 11 is 0. The first-order chi connectivity index (χ1) is 52.5. The van der Waals surface area contributed by atoms with Crippen molar-refractivity contribution in [2.24, 2.45) is 5.92 Å². The molecule has 17 nitrogen and oxygen atoms in total. The summed E-state index contributed by atoms with van der Waals surface area (Å²) in [7, 11) is -9.93. The van der Waals surface area contributed by atoms with Crippen molar-refractivity contribution in [1.82, 2.24) is 0 Å². The number of aliphatic hydroxyl groups is 1. The van der Waals surface area contributed by atoms with Gasteiger partial charge in [-0.1, -0.05) is 433 Å². The Hall–Kier alpha value is -1.94. The summed E-state index contributed by atoms with van der Waals surface area (Å²) in [5, 5.41) is 10.7. The average molecular weight is 1580 g/mol. The highest BCUT2D eigenvalue weighted by Crippen LogP contribution is 2.45. The first-order valence-electron chi connectivity index (χ1n) is 46.1. The van der Waals surface area contributed by atoms with Gasteiger partial charge in [0.15, 0.2) is 12.2 Å². The molecule has 0 aromatic rings. The van der Waals surface area contributed by atoms with Crippen molar-refractivity contribution >= 4 is 39.5 Å². The van der Waals surface area contributed by atoms with Gasteiger partial charge in [0.25, 0.3) is 0 Å². The number of carbonyl (C=O) groups is 4. The van der Waals surface area contributed by atoms with Crippen LogP contribution in [-0.4, -0.2) is 96.7 Å². The molecule has 0 amide bonds. The summed E-state index contributed by atoms with van der Waals surface area (Å²) in [6.07, 6.45) is 76.5. The van der Waals surface area contributed by atoms with Crippen molar-refractivity contribution in [3.05, 3.63) is 0 Å². The van der Waals surface area contributed by atoms with Crippen LogP contribution < -0.4 is 0 Å². The summed E-state index contributed by atoms with van der Waals surface area (Å²) in [6, 6.07) is 0. The highest BCUT2D eigenvalue weighted by molar-refractivity contribution is 7.47. The smallest absolute Gasteiger partial charge is 0.462 e. The van der Waals surface area contributed by atoms with Gasteiger partial charge in [0.1, 0.15) is 19.3 Å². The minimum atomic E-state index is -4.97. The Morgan fingerprint density at radius 1 is 0.250 bits per heavy atom. The summed E-state index contributed by atoms with van der Waals surface area (Å²) in [5.74, 6) is -1.28. The first kappa shape index (κ1) is 106. The molecule has 0 rings (SSSR count). The second-order valence-electron chi connectivity index (χ2n) is 32.5. The number of rotatable bonds is 89. The highest BCUT2D eigenvalue weighted by atomic mass is 31.2. The standard InChI is InChI=1S/C89H174O17P2/c1-6-9-12-15-18-21-24-26-28-30-31-32-33-34-36-42-46-50-55-60-65-70-75-89(94)106-85(79-100-87(92)73-68-63-58-53-48-44-40-38-37-39-43-47-51-56-61-66-71-82(4)5)81-104-108(97,98)102-77-83(90)76-101-107(95,96)103-80-84(78-99-86(91)72-67-62-57-52-23-20-17-14-11-8-3)105-88(93)74-69-64-59-54-49-45-41-35-29-27-25-22-19-16-13-10-7-2/h82-85,90H,6-81H2,1-5H3,(H,95,96)(H,97,98)/t83-,84+,85+/m0/s1. The second kappa shape index (κ2) is 81.6. The fourth-order valence-corrected chi connectivity index (χ4v) is 15.6. The minimum absolute atomic E-state index is 0.109. The van der Waals surface area contributed by atoms with Crippen LogP contribution in [0.3, 0.4) is 0 Å². The third-order valence-electron chi connectivity index (χ3n) is 21.0. The molecular weight excluding hydrogens is 1400 g/mol. The Balaban J connectivity index is 5.21. The molecule has 0 heterocycles. The van der Waals surface area contributed by atoms with E-state index in [-0.39, 0.29) is 25.7 Å². The Bertz CT molecular complexity index is 2050. The van der Waals surface area contributed by atoms with Crippen LogP contribution in [0.2, 0.25) is 0 Å². The van der Waals surface area contributed by atoms with E-state index in [0.29, 0.717) is 25.7 Å². The van der Waals surface area contributed by atoms with Crippen LogP contribution in [0.5, 0.6) is 0 Å². The molecule has 0 aromatic carbocycles. The van der Waals surface area contributed by atoms with E-state index >= 15 is 0 Å². The van der Waals surface area contributed by atoms with Gasteiger partial charge >= 0.3 is 39.5 Å². The molecule has 108 heavy (non-hydrogen) atoms. The van der Waals surface area contributed by atoms with Gasteiger partial charge in [-0.05, 0) is 31.6 Å². The van der Waals surface area contributed by atoms with Gasteiger partial charge in [-0.15, -0.1) is 0 Å². The summed E-state index contributed by atoms with van der Waals surface area (Å²) in [6.45, 7) is 7.41. The Morgan fingerprint density at radius 3 is 0.630 bits per heavy atom. The second-order valence-corrected chi connectivity index (χ2v) is 35.4. The molecule has 0 saturated heterocycles. The maximum Gasteiger partial charge on any atom is 0.472 e. The summed E-state index contributed by atoms with van der Waals surface area (Å²) in [4.78, 5) is 73.3. The molecule has 0 fully saturated rings. The molecule has 5 atom stereocenters. The topological polar surface area (TPSA) is 237 Å². The van der Waals surface area contributed by atoms with Crippen LogP contribution in [0.15, 0.2) is 0 Å². The number of hydrogen-bond acceptors (Lipinski definition) is 15. The average Bonchev–Trinajstić information content (AvgIpc) is 0.909. The Kier molecular flexibility index (Phi) is 80.2. The third-order valence-corrected chi connectivity index (χ3v) is 22.9. The number of carbonyl (C=O) groups excluding carboxylic acids is 4. The molecule has 0 aliphatic rings. The maximum absolute atomic E-state index is 13.2.